The third-order valence-electron chi connectivity index (χ3n) is 4.53. The molecule has 0 radical (unpaired) electrons. The number of hydrogen-bond acceptors (Lipinski definition) is 10. The number of nitrogens with one attached hydrogen (secondary N) is 4. The van der Waals surface area contributed by atoms with Gasteiger partial charge in [-0.1, -0.05) is 0 Å². The Balaban J connectivity index is 5.25. The third kappa shape index (κ3) is 12.4. The Labute approximate surface area is 194 Å². The van der Waals surface area contributed by atoms with Crippen LogP contribution in [0.2, 0.25) is 0 Å². The van der Waals surface area contributed by atoms with Gasteiger partial charge in [-0.15, -0.1) is 0 Å². The highest BCUT2D eigenvalue weighted by Gasteiger charge is 2.28. The Morgan fingerprint density at radius 2 is 1.21 bits per heavy atom. The molecule has 10 N–H and O–H groups in total. The van der Waals surface area contributed by atoms with Crippen LogP contribution in [0.5, 0.6) is 0 Å². The molecule has 0 aromatic carbocycles. The van der Waals surface area contributed by atoms with E-state index in [0.717, 1.165) is 0 Å². The maximum Gasteiger partial charge on any atom is 0.326 e. The first-order valence-electron chi connectivity index (χ1n) is 10.2. The fourth-order valence-electron chi connectivity index (χ4n) is 2.62. The van der Waals surface area contributed by atoms with Crippen molar-refractivity contribution in [3.8, 4) is 0 Å². The van der Waals surface area contributed by atoms with Crippen LogP contribution >= 0.6 is 0 Å². The van der Waals surface area contributed by atoms with Crippen molar-refractivity contribution >= 4 is 47.4 Å². The molecule has 15 nitrogen and oxygen atoms in total. The molecule has 3 unspecified atom stereocenters. The van der Waals surface area contributed by atoms with Crippen LogP contribution in [-0.2, 0) is 33.6 Å². The molecule has 0 aliphatic rings. The van der Waals surface area contributed by atoms with E-state index >= 15 is 0 Å². The van der Waals surface area contributed by atoms with E-state index in [1.165, 1.54) is 0 Å². The van der Waals surface area contributed by atoms with Gasteiger partial charge in [-0.3, -0.25) is 24.0 Å². The maximum absolute atomic E-state index is 12.6. The Bertz CT molecular complexity index is 801. The second-order valence-electron chi connectivity index (χ2n) is 7.15. The van der Waals surface area contributed by atoms with Gasteiger partial charge in [0.05, 0.1) is 19.3 Å². The van der Waals surface area contributed by atoms with E-state index in [0.29, 0.717) is 6.21 Å². The van der Waals surface area contributed by atoms with Crippen LogP contribution in [0.15, 0.2) is 0 Å². The number of carbonyl (C=O) groups is 7. The molecular formula is C19H30N6O9. The van der Waals surface area contributed by atoms with Crippen LogP contribution in [-0.4, -0.2) is 88.9 Å². The third-order valence-corrected chi connectivity index (χ3v) is 4.53. The summed E-state index contributed by atoms with van der Waals surface area (Å²) >= 11 is 0. The van der Waals surface area contributed by atoms with E-state index in [-0.39, 0.29) is 38.6 Å². The molecule has 0 aromatic heterocycles. The SMILES string of the molecule is N=CC(=O)CCC(NC(=O)C(CCC(=O)CN)NC(=O)CCC(NC(=O)CN)C(=O)O)C(=O)O. The van der Waals surface area contributed by atoms with Crippen LogP contribution in [0.25, 0.3) is 0 Å². The van der Waals surface area contributed by atoms with E-state index < -0.39 is 72.3 Å². The summed E-state index contributed by atoms with van der Waals surface area (Å²) in [6.45, 7) is -0.767. The van der Waals surface area contributed by atoms with Crippen LogP contribution < -0.4 is 27.4 Å². The number of Topliss-reactive ketones (excluding diaryl/α,β-unsaturated/α-hetero) is 2. The summed E-state index contributed by atoms with van der Waals surface area (Å²) < 4.78 is 0. The minimum atomic E-state index is -1.50. The van der Waals surface area contributed by atoms with Crippen molar-refractivity contribution in [2.75, 3.05) is 13.1 Å². The summed E-state index contributed by atoms with van der Waals surface area (Å²) in [4.78, 5) is 81.7. The molecule has 0 bridgehead atoms. The van der Waals surface area contributed by atoms with Gasteiger partial charge in [-0.25, -0.2) is 9.59 Å². The van der Waals surface area contributed by atoms with Gasteiger partial charge < -0.3 is 43.0 Å². The molecule has 0 rings (SSSR count). The Morgan fingerprint density at radius 3 is 1.71 bits per heavy atom. The quantitative estimate of drug-likeness (QED) is 0.0886. The Hall–Kier alpha value is -3.72. The molecular weight excluding hydrogens is 456 g/mol. The number of carboxylic acids is 2. The molecule has 0 saturated heterocycles. The number of nitrogens with two attached hydrogens (primary N) is 2. The minimum Gasteiger partial charge on any atom is -0.480 e. The summed E-state index contributed by atoms with van der Waals surface area (Å²) in [6, 6.07) is -4.26. The lowest BCUT2D eigenvalue weighted by Crippen LogP contribution is -2.52. The van der Waals surface area contributed by atoms with Gasteiger partial charge in [0.25, 0.3) is 0 Å². The predicted molar refractivity (Wildman–Crippen MR) is 116 cm³/mol. The van der Waals surface area contributed by atoms with E-state index in [9.17, 15) is 38.7 Å². The second-order valence-corrected chi connectivity index (χ2v) is 7.15. The van der Waals surface area contributed by atoms with Gasteiger partial charge in [0.2, 0.25) is 17.7 Å². The lowest BCUT2D eigenvalue weighted by molar-refractivity contribution is -0.142. The van der Waals surface area contributed by atoms with Crippen molar-refractivity contribution in [2.45, 2.75) is 56.7 Å². The highest BCUT2D eigenvalue weighted by Crippen LogP contribution is 2.05. The lowest BCUT2D eigenvalue weighted by atomic mass is 10.0. The van der Waals surface area contributed by atoms with Gasteiger partial charge in [0.1, 0.15) is 23.9 Å². The molecule has 0 aliphatic carbocycles. The van der Waals surface area contributed by atoms with Crippen molar-refractivity contribution < 1.29 is 43.8 Å². The number of carboxylic acid groups (broad SMARTS) is 2. The van der Waals surface area contributed by atoms with Crippen molar-refractivity contribution in [2.24, 2.45) is 11.5 Å². The van der Waals surface area contributed by atoms with Crippen molar-refractivity contribution in [1.82, 2.24) is 16.0 Å². The van der Waals surface area contributed by atoms with E-state index in [2.05, 4.69) is 16.0 Å². The van der Waals surface area contributed by atoms with Crippen LogP contribution in [0.4, 0.5) is 0 Å². The Kier molecular flexibility index (Phi) is 14.2. The average molecular weight is 486 g/mol. The van der Waals surface area contributed by atoms with Crippen LogP contribution in [0.3, 0.4) is 0 Å². The monoisotopic (exact) mass is 486 g/mol. The van der Waals surface area contributed by atoms with Crippen LogP contribution in [0.1, 0.15) is 38.5 Å². The van der Waals surface area contributed by atoms with E-state index in [1.807, 2.05) is 0 Å². The molecule has 34 heavy (non-hydrogen) atoms. The number of rotatable bonds is 18. The van der Waals surface area contributed by atoms with Gasteiger partial charge in [-0.05, 0) is 19.3 Å². The fourth-order valence-corrected chi connectivity index (χ4v) is 2.62. The molecule has 0 heterocycles. The minimum absolute atomic E-state index is 0.205. The summed E-state index contributed by atoms with van der Waals surface area (Å²) in [6.07, 6.45) is -1.27. The summed E-state index contributed by atoms with van der Waals surface area (Å²) in [7, 11) is 0. The lowest BCUT2D eigenvalue weighted by Gasteiger charge is -2.21. The zero-order valence-corrected chi connectivity index (χ0v) is 18.4. The number of carbonyl (C=O) groups excluding carboxylic acids is 5. The zero-order valence-electron chi connectivity index (χ0n) is 18.4. The number of amides is 3. The topological polar surface area (TPSA) is 272 Å². The first-order chi connectivity index (χ1) is 15.9. The van der Waals surface area contributed by atoms with E-state index in [1.54, 1.807) is 0 Å². The summed E-state index contributed by atoms with van der Waals surface area (Å²) in [5, 5.41) is 31.9. The van der Waals surface area contributed by atoms with Gasteiger partial charge in [-0.2, -0.15) is 0 Å². The Morgan fingerprint density at radius 1 is 0.706 bits per heavy atom. The smallest absolute Gasteiger partial charge is 0.326 e. The molecule has 3 amide bonds. The largest absolute Gasteiger partial charge is 0.480 e. The standard InChI is InChI=1S/C19H30N6O9/c20-7-10(26)1-3-12(17(30)25-14(19(33)34)4-2-11(27)8-21)23-15(28)6-5-13(18(31)32)24-16(29)9-22/h8,12-14,21H,1-7,9,20,22H2,(H,23,28)(H,24,29)(H,25,30)(H,31,32)(H,33,34). The molecule has 0 aliphatic heterocycles. The van der Waals surface area contributed by atoms with Gasteiger partial charge in [0.15, 0.2) is 5.78 Å². The average Bonchev–Trinajstić information content (AvgIpc) is 2.80. The number of aliphatic carboxylic acids is 2. The van der Waals surface area contributed by atoms with Gasteiger partial charge in [0, 0.05) is 19.3 Å². The number of hydrogen-bond donors (Lipinski definition) is 8. The zero-order chi connectivity index (χ0) is 26.3. The maximum atomic E-state index is 12.6. The fraction of sp³-hybridized carbons (Fsp3) is 0.579. The molecule has 15 heteroatoms. The molecule has 0 aromatic rings. The van der Waals surface area contributed by atoms with Crippen molar-refractivity contribution in [1.29, 1.82) is 5.41 Å². The van der Waals surface area contributed by atoms with E-state index in [4.69, 9.17) is 22.0 Å². The summed E-state index contributed by atoms with van der Waals surface area (Å²) in [5.41, 5.74) is 10.3. The highest BCUT2D eigenvalue weighted by molar-refractivity contribution is 6.26. The van der Waals surface area contributed by atoms with Gasteiger partial charge >= 0.3 is 11.9 Å². The molecule has 0 fully saturated rings. The van der Waals surface area contributed by atoms with Crippen molar-refractivity contribution in [3.05, 3.63) is 0 Å². The number of ketones is 2. The summed E-state index contributed by atoms with van der Waals surface area (Å²) in [5.74, 6) is -6.40. The first kappa shape index (κ1) is 30.3. The normalized spacial score (nSPS) is 13.0. The molecule has 3 atom stereocenters. The second kappa shape index (κ2) is 16.0. The molecule has 190 valence electrons. The predicted octanol–water partition coefficient (Wildman–Crippen LogP) is -3.34. The highest BCUT2D eigenvalue weighted by atomic mass is 16.4. The van der Waals surface area contributed by atoms with Crippen LogP contribution in [0, 0.1) is 5.41 Å². The molecule has 0 spiro atoms. The molecule has 0 saturated carbocycles. The van der Waals surface area contributed by atoms with Crippen molar-refractivity contribution in [3.63, 3.8) is 0 Å². The first-order valence-corrected chi connectivity index (χ1v) is 10.2.